The SMILES string of the molecule is Cc1cccc(-c2noc(-c3nn(CC(=O)Nc4cccc(Cl)c4)c4ccccc34)n2)c1. The van der Waals surface area contributed by atoms with E-state index < -0.39 is 0 Å². The van der Waals surface area contributed by atoms with Gasteiger partial charge in [0.2, 0.25) is 11.7 Å². The fourth-order valence-electron chi connectivity index (χ4n) is 3.53. The van der Waals surface area contributed by atoms with Gasteiger partial charge in [-0.1, -0.05) is 64.8 Å². The molecular weight excluding hydrogens is 426 g/mol. The summed E-state index contributed by atoms with van der Waals surface area (Å²) in [4.78, 5) is 17.2. The Bertz CT molecular complexity index is 1440. The highest BCUT2D eigenvalue weighted by molar-refractivity contribution is 6.30. The average molecular weight is 444 g/mol. The quantitative estimate of drug-likeness (QED) is 0.395. The number of nitrogens with zero attached hydrogens (tertiary/aromatic N) is 4. The van der Waals surface area contributed by atoms with Gasteiger partial charge in [0.25, 0.3) is 5.89 Å². The molecular formula is C24H18ClN5O2. The Hall–Kier alpha value is -3.97. The Kier molecular flexibility index (Phi) is 5.17. The summed E-state index contributed by atoms with van der Waals surface area (Å²) in [6.07, 6.45) is 0. The highest BCUT2D eigenvalue weighted by Gasteiger charge is 2.19. The van der Waals surface area contributed by atoms with Gasteiger partial charge >= 0.3 is 0 Å². The smallest absolute Gasteiger partial charge is 0.279 e. The lowest BCUT2D eigenvalue weighted by Crippen LogP contribution is -2.19. The van der Waals surface area contributed by atoms with Gasteiger partial charge < -0.3 is 9.84 Å². The normalized spacial score (nSPS) is 11.1. The van der Waals surface area contributed by atoms with E-state index in [1.54, 1.807) is 28.9 Å². The number of aromatic nitrogens is 4. The van der Waals surface area contributed by atoms with Gasteiger partial charge in [0.05, 0.1) is 5.52 Å². The molecule has 2 heterocycles. The molecule has 158 valence electrons. The summed E-state index contributed by atoms with van der Waals surface area (Å²) in [5.41, 5.74) is 3.92. The van der Waals surface area contributed by atoms with E-state index in [0.717, 1.165) is 22.0 Å². The molecule has 0 aliphatic carbocycles. The van der Waals surface area contributed by atoms with Gasteiger partial charge in [-0.05, 0) is 37.3 Å². The minimum Gasteiger partial charge on any atom is -0.332 e. The largest absolute Gasteiger partial charge is 0.332 e. The Morgan fingerprint density at radius 3 is 2.75 bits per heavy atom. The third-order valence-electron chi connectivity index (χ3n) is 4.96. The second kappa shape index (κ2) is 8.28. The van der Waals surface area contributed by atoms with E-state index in [0.29, 0.717) is 28.1 Å². The molecule has 8 heteroatoms. The van der Waals surface area contributed by atoms with E-state index in [-0.39, 0.29) is 12.5 Å². The molecule has 3 aromatic carbocycles. The molecule has 7 nitrogen and oxygen atoms in total. The summed E-state index contributed by atoms with van der Waals surface area (Å²) in [6, 6.07) is 22.5. The predicted octanol–water partition coefficient (Wildman–Crippen LogP) is 5.35. The van der Waals surface area contributed by atoms with Gasteiger partial charge in [-0.3, -0.25) is 9.48 Å². The predicted molar refractivity (Wildman–Crippen MR) is 123 cm³/mol. The zero-order valence-electron chi connectivity index (χ0n) is 17.1. The average Bonchev–Trinajstić information content (AvgIpc) is 3.39. The molecule has 0 aliphatic heterocycles. The van der Waals surface area contributed by atoms with Crippen LogP contribution in [-0.4, -0.2) is 25.8 Å². The Balaban J connectivity index is 1.46. The summed E-state index contributed by atoms with van der Waals surface area (Å²) in [7, 11) is 0. The van der Waals surface area contributed by atoms with E-state index in [1.807, 2.05) is 55.5 Å². The Morgan fingerprint density at radius 2 is 1.91 bits per heavy atom. The molecule has 32 heavy (non-hydrogen) atoms. The van der Waals surface area contributed by atoms with Crippen LogP contribution >= 0.6 is 11.6 Å². The summed E-state index contributed by atoms with van der Waals surface area (Å²) < 4.78 is 7.15. The number of benzene rings is 3. The summed E-state index contributed by atoms with van der Waals surface area (Å²) in [5.74, 6) is 0.561. The van der Waals surface area contributed by atoms with Crippen LogP contribution in [0, 0.1) is 6.92 Å². The molecule has 0 radical (unpaired) electrons. The minimum atomic E-state index is -0.224. The number of hydrogen-bond donors (Lipinski definition) is 1. The van der Waals surface area contributed by atoms with Crippen LogP contribution in [0.2, 0.25) is 5.02 Å². The van der Waals surface area contributed by atoms with E-state index in [9.17, 15) is 4.79 Å². The number of fused-ring (bicyclic) bond motifs is 1. The fourth-order valence-corrected chi connectivity index (χ4v) is 3.72. The number of nitrogens with one attached hydrogen (secondary N) is 1. The van der Waals surface area contributed by atoms with Crippen molar-refractivity contribution in [3.05, 3.63) is 83.4 Å². The lowest BCUT2D eigenvalue weighted by molar-refractivity contribution is -0.116. The van der Waals surface area contributed by atoms with Crippen LogP contribution < -0.4 is 5.32 Å². The monoisotopic (exact) mass is 443 g/mol. The molecule has 5 aromatic rings. The van der Waals surface area contributed by atoms with Gasteiger partial charge in [0.1, 0.15) is 6.54 Å². The van der Waals surface area contributed by atoms with Gasteiger partial charge in [-0.15, -0.1) is 0 Å². The van der Waals surface area contributed by atoms with Gasteiger partial charge in [0.15, 0.2) is 5.69 Å². The zero-order chi connectivity index (χ0) is 22.1. The second-order valence-electron chi connectivity index (χ2n) is 7.37. The van der Waals surface area contributed by atoms with Crippen molar-refractivity contribution in [3.63, 3.8) is 0 Å². The molecule has 0 spiro atoms. The molecule has 0 saturated heterocycles. The molecule has 1 N–H and O–H groups in total. The summed E-state index contributed by atoms with van der Waals surface area (Å²) >= 11 is 6.00. The first-order valence-electron chi connectivity index (χ1n) is 9.99. The second-order valence-corrected chi connectivity index (χ2v) is 7.81. The van der Waals surface area contributed by atoms with Crippen LogP contribution in [0.3, 0.4) is 0 Å². The van der Waals surface area contributed by atoms with Crippen molar-refractivity contribution in [1.29, 1.82) is 0 Å². The number of carbonyl (C=O) groups excluding carboxylic acids is 1. The van der Waals surface area contributed by atoms with Gasteiger partial charge in [0, 0.05) is 21.7 Å². The lowest BCUT2D eigenvalue weighted by Gasteiger charge is -2.06. The third-order valence-corrected chi connectivity index (χ3v) is 5.20. The lowest BCUT2D eigenvalue weighted by atomic mass is 10.1. The van der Waals surface area contributed by atoms with E-state index in [4.69, 9.17) is 16.1 Å². The molecule has 0 fully saturated rings. The number of para-hydroxylation sites is 1. The van der Waals surface area contributed by atoms with E-state index in [2.05, 4.69) is 20.6 Å². The van der Waals surface area contributed by atoms with Crippen molar-refractivity contribution in [2.45, 2.75) is 13.5 Å². The number of rotatable bonds is 5. The van der Waals surface area contributed by atoms with Crippen molar-refractivity contribution in [2.24, 2.45) is 0 Å². The topological polar surface area (TPSA) is 85.8 Å². The van der Waals surface area contributed by atoms with Gasteiger partial charge in [-0.25, -0.2) is 0 Å². The molecule has 2 aromatic heterocycles. The first-order valence-corrected chi connectivity index (χ1v) is 10.4. The van der Waals surface area contributed by atoms with Crippen LogP contribution in [0.5, 0.6) is 0 Å². The number of amides is 1. The number of halogens is 1. The third kappa shape index (κ3) is 3.98. The number of aryl methyl sites for hydroxylation is 1. The maximum atomic E-state index is 12.6. The highest BCUT2D eigenvalue weighted by Crippen LogP contribution is 2.29. The minimum absolute atomic E-state index is 0.0197. The first-order chi connectivity index (χ1) is 15.6. The fraction of sp³-hybridized carbons (Fsp3) is 0.0833. The van der Waals surface area contributed by atoms with Gasteiger partial charge in [-0.2, -0.15) is 10.1 Å². The maximum absolute atomic E-state index is 12.6. The van der Waals surface area contributed by atoms with Crippen molar-refractivity contribution >= 4 is 34.1 Å². The van der Waals surface area contributed by atoms with Crippen molar-refractivity contribution in [1.82, 2.24) is 19.9 Å². The van der Waals surface area contributed by atoms with E-state index in [1.165, 1.54) is 0 Å². The molecule has 5 rings (SSSR count). The van der Waals surface area contributed by atoms with Crippen LogP contribution in [0.25, 0.3) is 33.9 Å². The number of hydrogen-bond acceptors (Lipinski definition) is 5. The molecule has 0 atom stereocenters. The molecule has 0 unspecified atom stereocenters. The first kappa shape index (κ1) is 20.0. The summed E-state index contributed by atoms with van der Waals surface area (Å²) in [6.45, 7) is 2.03. The van der Waals surface area contributed by atoms with Crippen molar-refractivity contribution in [2.75, 3.05) is 5.32 Å². The van der Waals surface area contributed by atoms with Crippen molar-refractivity contribution in [3.8, 4) is 23.0 Å². The van der Waals surface area contributed by atoms with Crippen LogP contribution in [0.1, 0.15) is 5.56 Å². The van der Waals surface area contributed by atoms with Crippen LogP contribution in [-0.2, 0) is 11.3 Å². The highest BCUT2D eigenvalue weighted by atomic mass is 35.5. The summed E-state index contributed by atoms with van der Waals surface area (Å²) in [5, 5.41) is 12.9. The Morgan fingerprint density at radius 1 is 1.06 bits per heavy atom. The standard InChI is InChI=1S/C24H18ClN5O2/c1-15-6-4-7-16(12-15)23-27-24(32-29-23)22-19-10-2-3-11-20(19)30(28-22)14-21(31)26-18-9-5-8-17(25)13-18/h2-13H,14H2,1H3,(H,26,31). The van der Waals surface area contributed by atoms with Crippen LogP contribution in [0.4, 0.5) is 5.69 Å². The molecule has 0 saturated carbocycles. The Labute approximate surface area is 188 Å². The van der Waals surface area contributed by atoms with Crippen molar-refractivity contribution < 1.29 is 9.32 Å². The number of anilines is 1. The van der Waals surface area contributed by atoms with E-state index >= 15 is 0 Å². The molecule has 0 aliphatic rings. The molecule has 0 bridgehead atoms. The van der Waals surface area contributed by atoms with Crippen LogP contribution in [0.15, 0.2) is 77.3 Å². The number of carbonyl (C=O) groups is 1. The molecule has 1 amide bonds. The zero-order valence-corrected chi connectivity index (χ0v) is 17.9. The maximum Gasteiger partial charge on any atom is 0.279 e.